The first kappa shape index (κ1) is 22.9. The van der Waals surface area contributed by atoms with Crippen molar-refractivity contribution >= 4 is 46.0 Å². The molecule has 0 saturated heterocycles. The molecule has 4 rings (SSSR count). The van der Waals surface area contributed by atoms with Gasteiger partial charge in [0.1, 0.15) is 5.69 Å². The first-order valence-electron chi connectivity index (χ1n) is 9.98. The van der Waals surface area contributed by atoms with Gasteiger partial charge in [-0.2, -0.15) is 0 Å². The summed E-state index contributed by atoms with van der Waals surface area (Å²) >= 11 is 5.78. The van der Waals surface area contributed by atoms with Crippen LogP contribution < -0.4 is 5.32 Å². The summed E-state index contributed by atoms with van der Waals surface area (Å²) in [5.74, 6) is -1.56. The molecule has 0 bridgehead atoms. The molecule has 2 aromatic heterocycles. The second kappa shape index (κ2) is 9.28. The molecule has 0 aliphatic rings. The monoisotopic (exact) mass is 480 g/mol. The number of nitrogens with one attached hydrogen (secondary N) is 1. The largest absolute Gasteiger partial charge is 0.452 e. The van der Waals surface area contributed by atoms with E-state index in [2.05, 4.69) is 15.5 Å². The lowest BCUT2D eigenvalue weighted by Gasteiger charge is -2.09. The van der Waals surface area contributed by atoms with Gasteiger partial charge in [0.25, 0.3) is 17.3 Å². The molecule has 1 N–H and O–H groups in total. The molecule has 4 aromatic rings. The lowest BCUT2D eigenvalue weighted by molar-refractivity contribution is -0.383. The highest BCUT2D eigenvalue weighted by Gasteiger charge is 2.22. The summed E-state index contributed by atoms with van der Waals surface area (Å²) in [5, 5.41) is 17.9. The minimum atomic E-state index is -0.798. The van der Waals surface area contributed by atoms with E-state index >= 15 is 0 Å². The number of benzene rings is 2. The third kappa shape index (κ3) is 4.71. The Balaban J connectivity index is 1.56. The Morgan fingerprint density at radius 3 is 2.59 bits per heavy atom. The number of pyridine rings is 1. The molecular formula is C23H17ClN4O6. The lowest BCUT2D eigenvalue weighted by Crippen LogP contribution is -2.21. The van der Waals surface area contributed by atoms with E-state index in [0.717, 1.165) is 17.2 Å². The molecule has 172 valence electrons. The van der Waals surface area contributed by atoms with Crippen molar-refractivity contribution in [3.05, 3.63) is 80.5 Å². The summed E-state index contributed by atoms with van der Waals surface area (Å²) in [7, 11) is 0. The summed E-state index contributed by atoms with van der Waals surface area (Å²) in [5.41, 5.74) is 2.55. The van der Waals surface area contributed by atoms with E-state index in [-0.39, 0.29) is 27.7 Å². The maximum absolute atomic E-state index is 12.9. The van der Waals surface area contributed by atoms with Gasteiger partial charge >= 0.3 is 5.97 Å². The van der Waals surface area contributed by atoms with E-state index in [1.54, 1.807) is 13.0 Å². The minimum absolute atomic E-state index is 0.0710. The summed E-state index contributed by atoms with van der Waals surface area (Å²) in [6.45, 7) is 2.93. The van der Waals surface area contributed by atoms with Crippen molar-refractivity contribution in [3.63, 3.8) is 0 Å². The van der Waals surface area contributed by atoms with Gasteiger partial charge in [0.2, 0.25) is 0 Å². The predicted octanol–water partition coefficient (Wildman–Crippen LogP) is 4.86. The first-order chi connectivity index (χ1) is 16.2. The van der Waals surface area contributed by atoms with E-state index in [1.807, 2.05) is 31.2 Å². The third-order valence-corrected chi connectivity index (χ3v) is 5.18. The molecule has 2 aromatic carbocycles. The molecule has 0 radical (unpaired) electrons. The standard InChI is InChI=1S/C23H17ClN4O6/c1-12-3-5-14(6-4-12)18-10-16(21-13(2)27-34-22(21)26-18)23(30)33-11-20(29)25-17-8-7-15(24)9-19(17)28(31)32/h3-10H,11H2,1-2H3,(H,25,29). The number of halogens is 1. The lowest BCUT2D eigenvalue weighted by atomic mass is 10.0. The highest BCUT2D eigenvalue weighted by molar-refractivity contribution is 6.31. The summed E-state index contributed by atoms with van der Waals surface area (Å²) < 4.78 is 10.4. The van der Waals surface area contributed by atoms with Crippen molar-refractivity contribution in [2.75, 3.05) is 11.9 Å². The van der Waals surface area contributed by atoms with Gasteiger partial charge in [0, 0.05) is 16.7 Å². The molecule has 34 heavy (non-hydrogen) atoms. The number of rotatable bonds is 6. The maximum atomic E-state index is 12.9. The Labute approximate surface area is 197 Å². The van der Waals surface area contributed by atoms with Gasteiger partial charge in [-0.15, -0.1) is 0 Å². The van der Waals surface area contributed by atoms with E-state index in [0.29, 0.717) is 16.8 Å². The smallest absolute Gasteiger partial charge is 0.339 e. The zero-order valence-corrected chi connectivity index (χ0v) is 18.8. The number of hydrogen-bond donors (Lipinski definition) is 1. The highest BCUT2D eigenvalue weighted by atomic mass is 35.5. The van der Waals surface area contributed by atoms with Crippen molar-refractivity contribution < 1.29 is 23.8 Å². The Morgan fingerprint density at radius 1 is 1.15 bits per heavy atom. The van der Waals surface area contributed by atoms with Crippen LogP contribution in [0, 0.1) is 24.0 Å². The number of fused-ring (bicyclic) bond motifs is 1. The van der Waals surface area contributed by atoms with Gasteiger partial charge in [-0.1, -0.05) is 46.6 Å². The van der Waals surface area contributed by atoms with Crippen LogP contribution >= 0.6 is 11.6 Å². The van der Waals surface area contributed by atoms with Gasteiger partial charge in [-0.05, 0) is 32.0 Å². The van der Waals surface area contributed by atoms with Crippen molar-refractivity contribution in [1.29, 1.82) is 0 Å². The van der Waals surface area contributed by atoms with Crippen LogP contribution in [0.1, 0.15) is 21.6 Å². The minimum Gasteiger partial charge on any atom is -0.452 e. The molecular weight excluding hydrogens is 464 g/mol. The third-order valence-electron chi connectivity index (χ3n) is 4.95. The molecule has 0 fully saturated rings. The SMILES string of the molecule is Cc1ccc(-c2cc(C(=O)OCC(=O)Nc3ccc(Cl)cc3[N+](=O)[O-])c3c(C)noc3n2)cc1. The van der Waals surface area contributed by atoms with E-state index in [1.165, 1.54) is 12.1 Å². The van der Waals surface area contributed by atoms with Crippen LogP contribution in [0.25, 0.3) is 22.4 Å². The van der Waals surface area contributed by atoms with Crippen LogP contribution in [0.15, 0.2) is 53.1 Å². The fraction of sp³-hybridized carbons (Fsp3) is 0.130. The number of amides is 1. The van der Waals surface area contributed by atoms with Gasteiger partial charge < -0.3 is 14.6 Å². The van der Waals surface area contributed by atoms with Crippen LogP contribution in [-0.4, -0.2) is 33.5 Å². The molecule has 0 aliphatic carbocycles. The van der Waals surface area contributed by atoms with Crippen LogP contribution in [-0.2, 0) is 9.53 Å². The fourth-order valence-electron chi connectivity index (χ4n) is 3.28. The number of nitro groups is 1. The van der Waals surface area contributed by atoms with Crippen molar-refractivity contribution in [3.8, 4) is 11.3 Å². The number of carbonyl (C=O) groups is 2. The Hall–Kier alpha value is -4.31. The Bertz CT molecular complexity index is 1430. The molecule has 10 nitrogen and oxygen atoms in total. The predicted molar refractivity (Wildman–Crippen MR) is 124 cm³/mol. The van der Waals surface area contributed by atoms with Gasteiger partial charge in [-0.25, -0.2) is 9.78 Å². The Kier molecular flexibility index (Phi) is 6.24. The first-order valence-corrected chi connectivity index (χ1v) is 10.4. The average Bonchev–Trinajstić information content (AvgIpc) is 3.19. The quantitative estimate of drug-likeness (QED) is 0.234. The number of anilines is 1. The van der Waals surface area contributed by atoms with Gasteiger partial charge in [0.05, 0.1) is 27.3 Å². The number of nitro benzene ring substituents is 1. The number of esters is 1. The van der Waals surface area contributed by atoms with Crippen LogP contribution in [0.4, 0.5) is 11.4 Å². The van der Waals surface area contributed by atoms with Crippen LogP contribution in [0.5, 0.6) is 0 Å². The number of hydrogen-bond acceptors (Lipinski definition) is 8. The molecule has 0 spiro atoms. The van der Waals surface area contributed by atoms with Gasteiger partial charge in [-0.3, -0.25) is 14.9 Å². The number of ether oxygens (including phenoxy) is 1. The second-order valence-corrected chi connectivity index (χ2v) is 7.85. The van der Waals surface area contributed by atoms with Crippen LogP contribution in [0.3, 0.4) is 0 Å². The summed E-state index contributed by atoms with van der Waals surface area (Å²) in [6, 6.07) is 12.9. The van der Waals surface area contributed by atoms with E-state index < -0.39 is 23.4 Å². The molecule has 0 saturated carbocycles. The summed E-state index contributed by atoms with van der Waals surface area (Å²) in [6.07, 6.45) is 0. The van der Waals surface area contributed by atoms with Crippen molar-refractivity contribution in [2.24, 2.45) is 0 Å². The number of aromatic nitrogens is 2. The summed E-state index contributed by atoms with van der Waals surface area (Å²) in [4.78, 5) is 40.2. The number of carbonyl (C=O) groups excluding carboxylic acids is 2. The molecule has 0 atom stereocenters. The maximum Gasteiger partial charge on any atom is 0.339 e. The zero-order valence-electron chi connectivity index (χ0n) is 18.0. The molecule has 0 aliphatic heterocycles. The molecule has 11 heteroatoms. The normalized spacial score (nSPS) is 10.8. The molecule has 2 heterocycles. The number of aryl methyl sites for hydroxylation is 2. The number of nitrogens with zero attached hydrogens (tertiary/aromatic N) is 3. The molecule has 0 unspecified atom stereocenters. The van der Waals surface area contributed by atoms with E-state index in [4.69, 9.17) is 20.9 Å². The van der Waals surface area contributed by atoms with Crippen molar-refractivity contribution in [1.82, 2.24) is 10.1 Å². The highest BCUT2D eigenvalue weighted by Crippen LogP contribution is 2.29. The topological polar surface area (TPSA) is 137 Å². The Morgan fingerprint density at radius 2 is 1.88 bits per heavy atom. The van der Waals surface area contributed by atoms with Gasteiger partial charge in [0.15, 0.2) is 6.61 Å². The van der Waals surface area contributed by atoms with Crippen molar-refractivity contribution in [2.45, 2.75) is 13.8 Å². The zero-order chi connectivity index (χ0) is 24.4. The van der Waals surface area contributed by atoms with Crippen LogP contribution in [0.2, 0.25) is 5.02 Å². The van der Waals surface area contributed by atoms with E-state index in [9.17, 15) is 19.7 Å². The second-order valence-electron chi connectivity index (χ2n) is 7.41. The average molecular weight is 481 g/mol. The fourth-order valence-corrected chi connectivity index (χ4v) is 3.45. The molecule has 1 amide bonds.